The summed E-state index contributed by atoms with van der Waals surface area (Å²) in [6, 6.07) is 28.6. The monoisotopic (exact) mass is 366 g/mol. The maximum atomic E-state index is 4.59. The molecule has 0 bridgehead atoms. The minimum Gasteiger partial charge on any atom is -0.356 e. The van der Waals surface area contributed by atoms with Gasteiger partial charge < -0.3 is 10.6 Å². The second-order valence-corrected chi connectivity index (χ2v) is 6.75. The van der Waals surface area contributed by atoms with E-state index in [-0.39, 0.29) is 0 Å². The second kappa shape index (κ2) is 7.92. The molecule has 1 aromatic heterocycles. The fourth-order valence-electron chi connectivity index (χ4n) is 3.06. The molecule has 0 saturated heterocycles. The Morgan fingerprint density at radius 2 is 1.29 bits per heavy atom. The Labute approximate surface area is 165 Å². The molecule has 4 rings (SSSR count). The lowest BCUT2D eigenvalue weighted by Gasteiger charge is -2.11. The van der Waals surface area contributed by atoms with Gasteiger partial charge in [0.05, 0.1) is 5.69 Å². The number of nitrogens with one attached hydrogen (secondary N) is 2. The van der Waals surface area contributed by atoms with E-state index in [0.717, 1.165) is 40.0 Å². The number of nitrogens with zero attached hydrogens (tertiary/aromatic N) is 2. The summed E-state index contributed by atoms with van der Waals surface area (Å²) < 4.78 is 0. The number of benzene rings is 3. The molecule has 0 spiro atoms. The van der Waals surface area contributed by atoms with Crippen LogP contribution < -0.4 is 10.6 Å². The Morgan fingerprint density at radius 3 is 2.00 bits per heavy atom. The molecule has 4 nitrogen and oxygen atoms in total. The van der Waals surface area contributed by atoms with E-state index in [9.17, 15) is 0 Å². The van der Waals surface area contributed by atoms with Gasteiger partial charge >= 0.3 is 0 Å². The van der Waals surface area contributed by atoms with Crippen molar-refractivity contribution in [1.82, 2.24) is 9.97 Å². The van der Waals surface area contributed by atoms with E-state index >= 15 is 0 Å². The SMILES string of the molecule is Cc1cccc(-c2cc(Nc3ccc(Nc4ccccc4)cc3)nc(C)n2)c1. The van der Waals surface area contributed by atoms with Crippen LogP contribution in [0.1, 0.15) is 11.4 Å². The molecule has 0 fully saturated rings. The zero-order valence-corrected chi connectivity index (χ0v) is 16.0. The Bertz CT molecular complexity index is 1070. The molecule has 0 atom stereocenters. The van der Waals surface area contributed by atoms with Crippen LogP contribution in [0.5, 0.6) is 0 Å². The number of aryl methyl sites for hydroxylation is 2. The van der Waals surface area contributed by atoms with Gasteiger partial charge in [-0.1, -0.05) is 42.0 Å². The lowest BCUT2D eigenvalue weighted by atomic mass is 10.1. The van der Waals surface area contributed by atoms with Gasteiger partial charge in [-0.05, 0) is 56.3 Å². The summed E-state index contributed by atoms with van der Waals surface area (Å²) in [4.78, 5) is 9.12. The van der Waals surface area contributed by atoms with E-state index < -0.39 is 0 Å². The largest absolute Gasteiger partial charge is 0.356 e. The van der Waals surface area contributed by atoms with Crippen molar-refractivity contribution >= 4 is 22.9 Å². The van der Waals surface area contributed by atoms with Gasteiger partial charge in [0.1, 0.15) is 11.6 Å². The normalized spacial score (nSPS) is 10.5. The van der Waals surface area contributed by atoms with Crippen molar-refractivity contribution < 1.29 is 0 Å². The molecular formula is C24H22N4. The number of aromatic nitrogens is 2. The summed E-state index contributed by atoms with van der Waals surface area (Å²) in [5.41, 5.74) is 6.31. The molecule has 0 aliphatic heterocycles. The molecule has 0 unspecified atom stereocenters. The Balaban J connectivity index is 1.52. The van der Waals surface area contributed by atoms with Crippen molar-refractivity contribution in [2.45, 2.75) is 13.8 Å². The van der Waals surface area contributed by atoms with Crippen LogP contribution in [-0.4, -0.2) is 9.97 Å². The Morgan fingerprint density at radius 1 is 0.607 bits per heavy atom. The Kier molecular flexibility index (Phi) is 5.02. The number of para-hydroxylation sites is 1. The van der Waals surface area contributed by atoms with Crippen molar-refractivity contribution in [2.24, 2.45) is 0 Å². The first-order valence-corrected chi connectivity index (χ1v) is 9.28. The van der Waals surface area contributed by atoms with Gasteiger partial charge in [-0.15, -0.1) is 0 Å². The molecule has 3 aromatic carbocycles. The van der Waals surface area contributed by atoms with Gasteiger partial charge in [0.15, 0.2) is 0 Å². The van der Waals surface area contributed by atoms with Gasteiger partial charge in [0, 0.05) is 28.7 Å². The molecule has 138 valence electrons. The molecule has 0 saturated carbocycles. The fourth-order valence-corrected chi connectivity index (χ4v) is 3.06. The molecule has 4 heteroatoms. The number of hydrogen-bond donors (Lipinski definition) is 2. The van der Waals surface area contributed by atoms with Crippen LogP contribution in [0.25, 0.3) is 11.3 Å². The average molecular weight is 366 g/mol. The van der Waals surface area contributed by atoms with Gasteiger partial charge in [-0.3, -0.25) is 0 Å². The standard InChI is InChI=1S/C24H22N4/c1-17-7-6-8-19(15-17)23-16-24(26-18(2)25-23)28-22-13-11-21(12-14-22)27-20-9-4-3-5-10-20/h3-16,27H,1-2H3,(H,25,26,28). The zero-order chi connectivity index (χ0) is 19.3. The van der Waals surface area contributed by atoms with Crippen molar-refractivity contribution in [3.05, 3.63) is 96.3 Å². The van der Waals surface area contributed by atoms with Crippen molar-refractivity contribution in [1.29, 1.82) is 0 Å². The van der Waals surface area contributed by atoms with Crippen LogP contribution in [0.4, 0.5) is 22.9 Å². The van der Waals surface area contributed by atoms with Crippen LogP contribution in [-0.2, 0) is 0 Å². The first-order chi connectivity index (χ1) is 13.7. The van der Waals surface area contributed by atoms with Crippen molar-refractivity contribution in [3.63, 3.8) is 0 Å². The highest BCUT2D eigenvalue weighted by atomic mass is 15.0. The van der Waals surface area contributed by atoms with Crippen LogP contribution >= 0.6 is 0 Å². The maximum absolute atomic E-state index is 4.59. The van der Waals surface area contributed by atoms with Crippen LogP contribution in [0, 0.1) is 13.8 Å². The first-order valence-electron chi connectivity index (χ1n) is 9.28. The molecule has 0 radical (unpaired) electrons. The lowest BCUT2D eigenvalue weighted by Crippen LogP contribution is -1.99. The summed E-state index contributed by atoms with van der Waals surface area (Å²) in [7, 11) is 0. The minimum absolute atomic E-state index is 0.740. The van der Waals surface area contributed by atoms with Crippen molar-refractivity contribution in [3.8, 4) is 11.3 Å². The third-order valence-electron chi connectivity index (χ3n) is 4.37. The smallest absolute Gasteiger partial charge is 0.134 e. The molecule has 1 heterocycles. The summed E-state index contributed by atoms with van der Waals surface area (Å²) >= 11 is 0. The van der Waals surface area contributed by atoms with E-state index in [4.69, 9.17) is 0 Å². The predicted octanol–water partition coefficient (Wildman–Crippen LogP) is 6.25. The highest BCUT2D eigenvalue weighted by Crippen LogP contribution is 2.24. The summed E-state index contributed by atoms with van der Waals surface area (Å²) in [6.07, 6.45) is 0. The summed E-state index contributed by atoms with van der Waals surface area (Å²) in [5, 5.41) is 6.77. The quantitative estimate of drug-likeness (QED) is 0.438. The first kappa shape index (κ1) is 17.7. The fraction of sp³-hybridized carbons (Fsp3) is 0.0833. The third-order valence-corrected chi connectivity index (χ3v) is 4.37. The number of rotatable bonds is 5. The number of hydrogen-bond acceptors (Lipinski definition) is 4. The molecule has 0 amide bonds. The van der Waals surface area contributed by atoms with Gasteiger partial charge in [-0.25, -0.2) is 9.97 Å². The van der Waals surface area contributed by atoms with E-state index in [1.807, 2.05) is 73.7 Å². The summed E-state index contributed by atoms with van der Waals surface area (Å²) in [5.74, 6) is 1.52. The van der Waals surface area contributed by atoms with Gasteiger partial charge in [0.2, 0.25) is 0 Å². The molecule has 28 heavy (non-hydrogen) atoms. The highest BCUT2D eigenvalue weighted by molar-refractivity contribution is 5.68. The molecule has 2 N–H and O–H groups in total. The minimum atomic E-state index is 0.740. The van der Waals surface area contributed by atoms with E-state index in [2.05, 4.69) is 45.7 Å². The van der Waals surface area contributed by atoms with E-state index in [1.54, 1.807) is 0 Å². The van der Waals surface area contributed by atoms with Crippen LogP contribution in [0.15, 0.2) is 84.9 Å². The third kappa shape index (κ3) is 4.35. The molecule has 0 aliphatic rings. The Hall–Kier alpha value is -3.66. The second-order valence-electron chi connectivity index (χ2n) is 6.75. The predicted molar refractivity (Wildman–Crippen MR) is 116 cm³/mol. The number of anilines is 4. The molecular weight excluding hydrogens is 344 g/mol. The van der Waals surface area contributed by atoms with E-state index in [1.165, 1.54) is 5.56 Å². The molecule has 0 aliphatic carbocycles. The van der Waals surface area contributed by atoms with Crippen LogP contribution in [0.2, 0.25) is 0 Å². The highest BCUT2D eigenvalue weighted by Gasteiger charge is 2.06. The van der Waals surface area contributed by atoms with Crippen molar-refractivity contribution in [2.75, 3.05) is 10.6 Å². The van der Waals surface area contributed by atoms with E-state index in [0.29, 0.717) is 0 Å². The van der Waals surface area contributed by atoms with Gasteiger partial charge in [0.25, 0.3) is 0 Å². The van der Waals surface area contributed by atoms with Gasteiger partial charge in [-0.2, -0.15) is 0 Å². The van der Waals surface area contributed by atoms with Crippen LogP contribution in [0.3, 0.4) is 0 Å². The zero-order valence-electron chi connectivity index (χ0n) is 16.0. The topological polar surface area (TPSA) is 49.8 Å². The average Bonchev–Trinajstić information content (AvgIpc) is 2.70. The summed E-state index contributed by atoms with van der Waals surface area (Å²) in [6.45, 7) is 4.00. The maximum Gasteiger partial charge on any atom is 0.134 e. The molecule has 4 aromatic rings. The lowest BCUT2D eigenvalue weighted by molar-refractivity contribution is 1.06.